The molecule has 0 fully saturated rings. The molecular formula is C20H22FN3O. The van der Waals surface area contributed by atoms with Gasteiger partial charge in [-0.1, -0.05) is 18.2 Å². The third-order valence-electron chi connectivity index (χ3n) is 4.49. The molecule has 0 spiro atoms. The van der Waals surface area contributed by atoms with Crippen molar-refractivity contribution in [2.24, 2.45) is 0 Å². The molecule has 1 aliphatic rings. The second-order valence-corrected chi connectivity index (χ2v) is 6.38. The van der Waals surface area contributed by atoms with Crippen LogP contribution >= 0.6 is 0 Å². The van der Waals surface area contributed by atoms with E-state index in [1.54, 1.807) is 24.3 Å². The van der Waals surface area contributed by atoms with Gasteiger partial charge in [0.25, 0.3) is 0 Å². The van der Waals surface area contributed by atoms with Crippen LogP contribution < -0.4 is 16.4 Å². The first-order chi connectivity index (χ1) is 12.0. The molecule has 130 valence electrons. The largest absolute Gasteiger partial charge is 0.399 e. The molecule has 2 aromatic rings. The summed E-state index contributed by atoms with van der Waals surface area (Å²) in [5, 5.41) is 5.84. The maximum Gasteiger partial charge on any atom is 0.319 e. The number of amides is 2. The van der Waals surface area contributed by atoms with Gasteiger partial charge >= 0.3 is 6.03 Å². The number of hydrogen-bond donors (Lipinski definition) is 3. The van der Waals surface area contributed by atoms with Crippen LogP contribution in [0, 0.1) is 12.7 Å². The van der Waals surface area contributed by atoms with E-state index >= 15 is 0 Å². The van der Waals surface area contributed by atoms with Crippen molar-refractivity contribution in [3.05, 3.63) is 65.5 Å². The molecule has 1 aliphatic carbocycles. The van der Waals surface area contributed by atoms with Crippen molar-refractivity contribution < 1.29 is 9.18 Å². The number of nitrogen functional groups attached to an aromatic ring is 1. The normalized spacial score (nSPS) is 16.9. The van der Waals surface area contributed by atoms with Crippen molar-refractivity contribution in [3.8, 4) is 0 Å². The van der Waals surface area contributed by atoms with Gasteiger partial charge in [-0.15, -0.1) is 0 Å². The van der Waals surface area contributed by atoms with Crippen molar-refractivity contribution in [2.75, 3.05) is 11.1 Å². The summed E-state index contributed by atoms with van der Waals surface area (Å²) in [6.07, 6.45) is 4.60. The molecule has 3 rings (SSSR count). The number of anilines is 2. The Kier molecular flexibility index (Phi) is 5.03. The molecule has 0 saturated carbocycles. The molecule has 0 saturated heterocycles. The van der Waals surface area contributed by atoms with E-state index in [-0.39, 0.29) is 17.9 Å². The van der Waals surface area contributed by atoms with Gasteiger partial charge in [0.1, 0.15) is 5.82 Å². The van der Waals surface area contributed by atoms with Gasteiger partial charge in [-0.05, 0) is 73.2 Å². The maximum absolute atomic E-state index is 13.0. The molecule has 5 heteroatoms. The number of allylic oxidation sites excluding steroid dienone is 1. The summed E-state index contributed by atoms with van der Waals surface area (Å²) in [4.78, 5) is 12.2. The van der Waals surface area contributed by atoms with Crippen LogP contribution in [-0.4, -0.2) is 12.1 Å². The lowest BCUT2D eigenvalue weighted by molar-refractivity contribution is 0.247. The van der Waals surface area contributed by atoms with Crippen LogP contribution in [0.15, 0.2) is 48.5 Å². The van der Waals surface area contributed by atoms with Crippen LogP contribution in [0.4, 0.5) is 20.6 Å². The number of carbonyl (C=O) groups is 1. The average Bonchev–Trinajstić information content (AvgIpc) is 2.60. The minimum absolute atomic E-state index is 0.0964. The van der Waals surface area contributed by atoms with Gasteiger partial charge < -0.3 is 16.4 Å². The zero-order chi connectivity index (χ0) is 17.8. The first-order valence-electron chi connectivity index (χ1n) is 8.40. The third kappa shape index (κ3) is 4.38. The Morgan fingerprint density at radius 3 is 2.60 bits per heavy atom. The van der Waals surface area contributed by atoms with Crippen molar-refractivity contribution in [1.29, 1.82) is 0 Å². The van der Waals surface area contributed by atoms with Crippen LogP contribution in [0.25, 0.3) is 5.57 Å². The van der Waals surface area contributed by atoms with Crippen molar-refractivity contribution in [1.82, 2.24) is 5.32 Å². The summed E-state index contributed by atoms with van der Waals surface area (Å²) < 4.78 is 13.0. The first kappa shape index (κ1) is 17.0. The molecule has 25 heavy (non-hydrogen) atoms. The number of carbonyl (C=O) groups excluding carboxylic acids is 1. The minimum atomic E-state index is -0.228. The Morgan fingerprint density at radius 2 is 1.96 bits per heavy atom. The van der Waals surface area contributed by atoms with E-state index < -0.39 is 0 Å². The van der Waals surface area contributed by atoms with Gasteiger partial charge in [-0.25, -0.2) is 9.18 Å². The lowest BCUT2D eigenvalue weighted by Gasteiger charge is -2.23. The monoisotopic (exact) mass is 339 g/mol. The summed E-state index contributed by atoms with van der Waals surface area (Å²) in [6, 6.07) is 11.8. The summed E-state index contributed by atoms with van der Waals surface area (Å²) in [5.41, 5.74) is 10.4. The number of halogens is 1. The second kappa shape index (κ2) is 7.38. The van der Waals surface area contributed by atoms with E-state index in [1.165, 1.54) is 17.7 Å². The standard InChI is InChI=1S/C20H22FN3O/c1-13-12-18(10-11-19(13)22)24-20(25)23-17-8-4-15(5-9-17)14-2-6-16(21)7-3-14/h2-4,6-7,10-12,17H,5,8-9,22H2,1H3,(H2,23,24,25). The molecule has 2 aromatic carbocycles. The number of benzene rings is 2. The molecule has 0 aromatic heterocycles. The van der Waals surface area contributed by atoms with Gasteiger partial charge in [0.05, 0.1) is 0 Å². The van der Waals surface area contributed by atoms with E-state index in [1.807, 2.05) is 13.0 Å². The number of hydrogen-bond acceptors (Lipinski definition) is 2. The van der Waals surface area contributed by atoms with Crippen LogP contribution in [-0.2, 0) is 0 Å². The summed E-state index contributed by atoms with van der Waals surface area (Å²) >= 11 is 0. The number of nitrogens with one attached hydrogen (secondary N) is 2. The van der Waals surface area contributed by atoms with E-state index in [9.17, 15) is 9.18 Å². The van der Waals surface area contributed by atoms with Gasteiger partial charge in [-0.2, -0.15) is 0 Å². The third-order valence-corrected chi connectivity index (χ3v) is 4.49. The van der Waals surface area contributed by atoms with Crippen molar-refractivity contribution in [2.45, 2.75) is 32.2 Å². The Hall–Kier alpha value is -2.82. The minimum Gasteiger partial charge on any atom is -0.399 e. The fraction of sp³-hybridized carbons (Fsp3) is 0.250. The lowest BCUT2D eigenvalue weighted by Crippen LogP contribution is -2.38. The average molecular weight is 339 g/mol. The van der Waals surface area contributed by atoms with Crippen LogP contribution in [0.3, 0.4) is 0 Å². The molecular weight excluding hydrogens is 317 g/mol. The van der Waals surface area contributed by atoms with E-state index in [4.69, 9.17) is 5.73 Å². The number of urea groups is 1. The Balaban J connectivity index is 1.55. The molecule has 0 heterocycles. The van der Waals surface area contributed by atoms with E-state index in [2.05, 4.69) is 16.7 Å². The van der Waals surface area contributed by atoms with Gasteiger partial charge in [0.2, 0.25) is 0 Å². The fourth-order valence-corrected chi connectivity index (χ4v) is 3.00. The lowest BCUT2D eigenvalue weighted by atomic mass is 9.91. The highest BCUT2D eigenvalue weighted by molar-refractivity contribution is 5.90. The fourth-order valence-electron chi connectivity index (χ4n) is 3.00. The quantitative estimate of drug-likeness (QED) is 0.722. The van der Waals surface area contributed by atoms with Crippen molar-refractivity contribution >= 4 is 23.0 Å². The Morgan fingerprint density at radius 1 is 1.20 bits per heavy atom. The van der Waals surface area contributed by atoms with Crippen LogP contribution in [0.1, 0.15) is 30.4 Å². The van der Waals surface area contributed by atoms with Crippen LogP contribution in [0.5, 0.6) is 0 Å². The van der Waals surface area contributed by atoms with Gasteiger partial charge in [0, 0.05) is 17.4 Å². The van der Waals surface area contributed by atoms with Crippen molar-refractivity contribution in [3.63, 3.8) is 0 Å². The number of rotatable bonds is 3. The van der Waals surface area contributed by atoms with Crippen LogP contribution in [0.2, 0.25) is 0 Å². The smallest absolute Gasteiger partial charge is 0.319 e. The summed E-state index contributed by atoms with van der Waals surface area (Å²) in [7, 11) is 0. The molecule has 0 radical (unpaired) electrons. The molecule has 0 bridgehead atoms. The predicted molar refractivity (Wildman–Crippen MR) is 99.8 cm³/mol. The highest BCUT2D eigenvalue weighted by atomic mass is 19.1. The van der Waals surface area contributed by atoms with E-state index in [0.29, 0.717) is 5.69 Å². The molecule has 2 amide bonds. The SMILES string of the molecule is Cc1cc(NC(=O)NC2CC=C(c3ccc(F)cc3)CC2)ccc1N. The summed E-state index contributed by atoms with van der Waals surface area (Å²) in [6.45, 7) is 1.90. The van der Waals surface area contributed by atoms with Gasteiger partial charge in [0.15, 0.2) is 0 Å². The molecule has 1 atom stereocenters. The van der Waals surface area contributed by atoms with Gasteiger partial charge in [-0.3, -0.25) is 0 Å². The highest BCUT2D eigenvalue weighted by Crippen LogP contribution is 2.27. The molecule has 0 aliphatic heterocycles. The Labute approximate surface area is 146 Å². The summed E-state index contributed by atoms with van der Waals surface area (Å²) in [5.74, 6) is -0.228. The predicted octanol–water partition coefficient (Wildman–Crippen LogP) is 4.47. The van der Waals surface area contributed by atoms with E-state index in [0.717, 1.165) is 36.1 Å². The Bertz CT molecular complexity index is 799. The maximum atomic E-state index is 13.0. The molecule has 4 N–H and O–H groups in total. The topological polar surface area (TPSA) is 67.2 Å². The highest BCUT2D eigenvalue weighted by Gasteiger charge is 2.17. The first-order valence-corrected chi connectivity index (χ1v) is 8.40. The molecule has 4 nitrogen and oxygen atoms in total. The number of aryl methyl sites for hydroxylation is 1. The zero-order valence-corrected chi connectivity index (χ0v) is 14.2. The zero-order valence-electron chi connectivity index (χ0n) is 14.2. The molecule has 1 unspecified atom stereocenters. The second-order valence-electron chi connectivity index (χ2n) is 6.38. The number of nitrogens with two attached hydrogens (primary N) is 1.